The van der Waals surface area contributed by atoms with Gasteiger partial charge >= 0.3 is 0 Å². The van der Waals surface area contributed by atoms with E-state index in [4.69, 9.17) is 24.4 Å². The Bertz CT molecular complexity index is 1590. The van der Waals surface area contributed by atoms with Gasteiger partial charge in [0, 0.05) is 13.1 Å². The lowest BCUT2D eigenvalue weighted by molar-refractivity contribution is 0.354. The Morgan fingerprint density at radius 1 is 0.861 bits per heavy atom. The topological polar surface area (TPSA) is 84.1 Å². The van der Waals surface area contributed by atoms with Gasteiger partial charge in [0.2, 0.25) is 0 Å². The smallest absolute Gasteiger partial charge is 0.265 e. The standard InChI is InChI=1S/C28H31N5O3/c1-4-5-6-9-15-32-18-29-26-24(28(32)34)25-27(31-21-11-8-7-10-20(21)30-25)33(26)16-14-19-12-13-22(35-2)23(17-19)36-3/h7-8,10-13,17-18H,4-6,9,14-16H2,1-3H3. The van der Waals surface area contributed by atoms with Gasteiger partial charge in [0.1, 0.15) is 10.9 Å². The summed E-state index contributed by atoms with van der Waals surface area (Å²) in [5, 5.41) is 0.536. The molecule has 0 unspecified atom stereocenters. The quantitative estimate of drug-likeness (QED) is 0.255. The molecule has 0 saturated heterocycles. The maximum Gasteiger partial charge on any atom is 0.265 e. The molecule has 0 aliphatic carbocycles. The van der Waals surface area contributed by atoms with Gasteiger partial charge in [-0.05, 0) is 42.7 Å². The lowest BCUT2D eigenvalue weighted by Crippen LogP contribution is -2.21. The molecule has 8 heteroatoms. The molecule has 0 saturated carbocycles. The largest absolute Gasteiger partial charge is 0.493 e. The zero-order chi connectivity index (χ0) is 25.1. The van der Waals surface area contributed by atoms with Crippen LogP contribution in [-0.2, 0) is 19.5 Å². The maximum absolute atomic E-state index is 13.6. The highest BCUT2D eigenvalue weighted by atomic mass is 16.5. The van der Waals surface area contributed by atoms with Crippen molar-refractivity contribution in [2.45, 2.75) is 52.1 Å². The number of unbranched alkanes of at least 4 members (excludes halogenated alkanes) is 3. The Labute approximate surface area is 209 Å². The van der Waals surface area contributed by atoms with Crippen LogP contribution in [0.2, 0.25) is 0 Å². The highest BCUT2D eigenvalue weighted by Crippen LogP contribution is 2.29. The van der Waals surface area contributed by atoms with E-state index < -0.39 is 0 Å². The van der Waals surface area contributed by atoms with Crippen molar-refractivity contribution >= 4 is 33.2 Å². The van der Waals surface area contributed by atoms with E-state index in [0.717, 1.165) is 42.3 Å². The van der Waals surface area contributed by atoms with Crippen LogP contribution in [0.15, 0.2) is 53.6 Å². The second-order valence-corrected chi connectivity index (χ2v) is 8.98. The second-order valence-electron chi connectivity index (χ2n) is 8.98. The van der Waals surface area contributed by atoms with Crippen molar-refractivity contribution in [3.63, 3.8) is 0 Å². The van der Waals surface area contributed by atoms with Crippen LogP contribution in [0.4, 0.5) is 0 Å². The lowest BCUT2D eigenvalue weighted by atomic mass is 10.1. The van der Waals surface area contributed by atoms with Crippen LogP contribution in [0.3, 0.4) is 0 Å². The van der Waals surface area contributed by atoms with Crippen molar-refractivity contribution in [3.8, 4) is 11.5 Å². The molecule has 36 heavy (non-hydrogen) atoms. The number of para-hydroxylation sites is 2. The minimum Gasteiger partial charge on any atom is -0.493 e. The molecular formula is C28H31N5O3. The fourth-order valence-corrected chi connectivity index (χ4v) is 4.70. The highest BCUT2D eigenvalue weighted by molar-refractivity contribution is 6.04. The Hall–Kier alpha value is -3.94. The van der Waals surface area contributed by atoms with Gasteiger partial charge in [-0.3, -0.25) is 9.36 Å². The second kappa shape index (κ2) is 10.4. The van der Waals surface area contributed by atoms with E-state index in [1.54, 1.807) is 25.1 Å². The van der Waals surface area contributed by atoms with Crippen molar-refractivity contribution in [2.24, 2.45) is 0 Å². The average Bonchev–Trinajstić information content (AvgIpc) is 3.22. The Morgan fingerprint density at radius 2 is 1.64 bits per heavy atom. The predicted octanol–water partition coefficient (Wildman–Crippen LogP) is 5.13. The number of hydrogen-bond donors (Lipinski definition) is 0. The summed E-state index contributed by atoms with van der Waals surface area (Å²) in [6, 6.07) is 13.6. The summed E-state index contributed by atoms with van der Waals surface area (Å²) in [4.78, 5) is 28.1. The van der Waals surface area contributed by atoms with Crippen molar-refractivity contribution in [1.29, 1.82) is 0 Å². The number of ether oxygens (including phenoxy) is 2. The first-order valence-electron chi connectivity index (χ1n) is 12.5. The monoisotopic (exact) mass is 485 g/mol. The molecule has 0 spiro atoms. The minimum absolute atomic E-state index is 0.0593. The van der Waals surface area contributed by atoms with Gasteiger partial charge in [0.25, 0.3) is 5.56 Å². The molecular weight excluding hydrogens is 454 g/mol. The molecule has 186 valence electrons. The molecule has 0 radical (unpaired) electrons. The van der Waals surface area contributed by atoms with E-state index in [1.165, 1.54) is 0 Å². The number of aromatic nitrogens is 5. The summed E-state index contributed by atoms with van der Waals surface area (Å²) in [6.45, 7) is 3.43. The minimum atomic E-state index is -0.0593. The van der Waals surface area contributed by atoms with Gasteiger partial charge in [-0.2, -0.15) is 0 Å². The molecule has 0 bridgehead atoms. The van der Waals surface area contributed by atoms with E-state index in [1.807, 2.05) is 47.0 Å². The normalized spacial score (nSPS) is 11.5. The van der Waals surface area contributed by atoms with Gasteiger partial charge < -0.3 is 14.0 Å². The Kier molecular flexibility index (Phi) is 6.84. The first kappa shape index (κ1) is 23.8. The number of fused-ring (bicyclic) bond motifs is 4. The van der Waals surface area contributed by atoms with Crippen LogP contribution in [0, 0.1) is 0 Å². The number of nitrogens with zero attached hydrogens (tertiary/aromatic N) is 5. The fraction of sp³-hybridized carbons (Fsp3) is 0.357. The van der Waals surface area contributed by atoms with Crippen molar-refractivity contribution in [2.75, 3.05) is 14.2 Å². The third-order valence-electron chi connectivity index (χ3n) is 6.64. The van der Waals surface area contributed by atoms with Gasteiger partial charge in [-0.25, -0.2) is 15.0 Å². The van der Waals surface area contributed by atoms with Gasteiger partial charge in [0.05, 0.1) is 31.6 Å². The first-order chi connectivity index (χ1) is 17.6. The molecule has 8 nitrogen and oxygen atoms in total. The third kappa shape index (κ3) is 4.39. The Morgan fingerprint density at radius 3 is 2.39 bits per heavy atom. The summed E-state index contributed by atoms with van der Waals surface area (Å²) in [6.07, 6.45) is 6.74. The zero-order valence-corrected chi connectivity index (χ0v) is 21.0. The van der Waals surface area contributed by atoms with E-state index >= 15 is 0 Å². The molecule has 5 aromatic rings. The molecule has 0 atom stereocenters. The summed E-state index contributed by atoms with van der Waals surface area (Å²) < 4.78 is 14.6. The fourth-order valence-electron chi connectivity index (χ4n) is 4.70. The molecule has 0 fully saturated rings. The molecule has 0 aliphatic rings. The summed E-state index contributed by atoms with van der Waals surface area (Å²) in [5.41, 5.74) is 4.49. The number of methoxy groups -OCH3 is 2. The Balaban J connectivity index is 1.60. The lowest BCUT2D eigenvalue weighted by Gasteiger charge is -2.11. The summed E-state index contributed by atoms with van der Waals surface area (Å²) >= 11 is 0. The summed E-state index contributed by atoms with van der Waals surface area (Å²) in [5.74, 6) is 1.38. The van der Waals surface area contributed by atoms with E-state index in [-0.39, 0.29) is 5.56 Å². The van der Waals surface area contributed by atoms with Gasteiger partial charge in [-0.1, -0.05) is 44.4 Å². The maximum atomic E-state index is 13.6. The third-order valence-corrected chi connectivity index (χ3v) is 6.64. The average molecular weight is 486 g/mol. The SMILES string of the molecule is CCCCCCn1cnc2c(c1=O)c1nc3ccccc3nc1n2CCc1ccc(OC)c(OC)c1. The molecule has 0 N–H and O–H groups in total. The predicted molar refractivity (Wildman–Crippen MR) is 142 cm³/mol. The van der Waals surface area contributed by atoms with Crippen LogP contribution in [-0.4, -0.2) is 38.3 Å². The molecule has 0 amide bonds. The number of aryl methyl sites for hydroxylation is 3. The van der Waals surface area contributed by atoms with Crippen LogP contribution >= 0.6 is 0 Å². The van der Waals surface area contributed by atoms with E-state index in [9.17, 15) is 4.79 Å². The van der Waals surface area contributed by atoms with Crippen LogP contribution in [0.1, 0.15) is 38.2 Å². The number of hydrogen-bond acceptors (Lipinski definition) is 6. The number of benzene rings is 2. The van der Waals surface area contributed by atoms with Crippen molar-refractivity contribution < 1.29 is 9.47 Å². The van der Waals surface area contributed by atoms with Gasteiger partial charge in [0.15, 0.2) is 22.8 Å². The molecule has 3 heterocycles. The molecule has 0 aliphatic heterocycles. The van der Waals surface area contributed by atoms with Crippen LogP contribution < -0.4 is 15.0 Å². The first-order valence-corrected chi connectivity index (χ1v) is 12.5. The highest BCUT2D eigenvalue weighted by Gasteiger charge is 2.20. The van der Waals surface area contributed by atoms with E-state index in [0.29, 0.717) is 53.2 Å². The molecule has 5 rings (SSSR count). The van der Waals surface area contributed by atoms with Gasteiger partial charge in [-0.15, -0.1) is 0 Å². The van der Waals surface area contributed by atoms with Crippen LogP contribution in [0.5, 0.6) is 11.5 Å². The molecule has 2 aromatic carbocycles. The zero-order valence-electron chi connectivity index (χ0n) is 21.0. The van der Waals surface area contributed by atoms with Crippen molar-refractivity contribution in [3.05, 3.63) is 64.7 Å². The summed E-state index contributed by atoms with van der Waals surface area (Å²) in [7, 11) is 3.26. The van der Waals surface area contributed by atoms with Crippen LogP contribution in [0.25, 0.3) is 33.2 Å². The van der Waals surface area contributed by atoms with E-state index in [2.05, 4.69) is 6.92 Å². The number of rotatable bonds is 10. The molecule has 3 aromatic heterocycles. The van der Waals surface area contributed by atoms with Crippen molar-refractivity contribution in [1.82, 2.24) is 24.1 Å².